The fraction of sp³-hybridized carbons (Fsp3) is 0. The number of aromatic amines is 1. The van der Waals surface area contributed by atoms with Gasteiger partial charge in [-0.2, -0.15) is 9.36 Å². The van der Waals surface area contributed by atoms with E-state index in [9.17, 15) is 5.11 Å². The number of benzene rings is 1. The predicted octanol–water partition coefficient (Wildman–Crippen LogP) is 1.97. The number of phenolic OH excluding ortho intramolecular Hbond substituents is 1. The minimum absolute atomic E-state index is 0.225. The van der Waals surface area contributed by atoms with E-state index in [0.717, 1.165) is 16.5 Å². The van der Waals surface area contributed by atoms with E-state index in [1.165, 1.54) is 11.5 Å². The number of nitrogens with two attached hydrogens (primary N) is 1. The molecule has 3 aromatic rings. The molecule has 6 heteroatoms. The molecule has 0 radical (unpaired) electrons. The van der Waals surface area contributed by atoms with Gasteiger partial charge in [0.15, 0.2) is 0 Å². The van der Waals surface area contributed by atoms with Gasteiger partial charge in [-0.1, -0.05) is 6.07 Å². The first-order chi connectivity index (χ1) is 7.75. The molecule has 16 heavy (non-hydrogen) atoms. The molecule has 0 saturated carbocycles. The van der Waals surface area contributed by atoms with Crippen molar-refractivity contribution < 1.29 is 5.11 Å². The molecule has 5 nitrogen and oxygen atoms in total. The lowest BCUT2D eigenvalue weighted by molar-refractivity contribution is 0.482. The van der Waals surface area contributed by atoms with Gasteiger partial charge >= 0.3 is 0 Å². The maximum Gasteiger partial charge on any atom is 0.232 e. The van der Waals surface area contributed by atoms with Gasteiger partial charge in [-0.05, 0) is 23.7 Å². The average Bonchev–Trinajstić information content (AvgIpc) is 2.84. The number of aromatic nitrogens is 3. The minimum atomic E-state index is 0.225. The molecule has 0 aliphatic carbocycles. The fourth-order valence-corrected chi connectivity index (χ4v) is 2.29. The van der Waals surface area contributed by atoms with Crippen LogP contribution in [0.4, 0.5) is 5.95 Å². The number of nitrogen functional groups attached to an aromatic ring is 1. The fourth-order valence-electron chi connectivity index (χ4n) is 1.68. The maximum atomic E-state index is 9.81. The van der Waals surface area contributed by atoms with Crippen molar-refractivity contribution in [3.05, 3.63) is 24.4 Å². The van der Waals surface area contributed by atoms with Crippen LogP contribution in [-0.2, 0) is 0 Å². The van der Waals surface area contributed by atoms with Crippen molar-refractivity contribution in [2.45, 2.75) is 0 Å². The van der Waals surface area contributed by atoms with Crippen LogP contribution in [0, 0.1) is 0 Å². The van der Waals surface area contributed by atoms with Gasteiger partial charge in [0.05, 0.1) is 5.39 Å². The number of rotatable bonds is 1. The van der Waals surface area contributed by atoms with E-state index in [0.29, 0.717) is 5.01 Å². The Labute approximate surface area is 94.7 Å². The monoisotopic (exact) mass is 232 g/mol. The molecular weight excluding hydrogens is 224 g/mol. The molecule has 2 heterocycles. The number of aromatic hydroxyl groups is 1. The number of anilines is 1. The highest BCUT2D eigenvalue weighted by Crippen LogP contribution is 2.35. The highest BCUT2D eigenvalue weighted by atomic mass is 32.1. The topological polar surface area (TPSA) is 87.8 Å². The van der Waals surface area contributed by atoms with Crippen molar-refractivity contribution in [2.75, 3.05) is 5.73 Å². The lowest BCUT2D eigenvalue weighted by Gasteiger charge is -1.96. The molecule has 3 rings (SSSR count). The summed E-state index contributed by atoms with van der Waals surface area (Å²) < 4.78 is 3.92. The number of phenols is 1. The number of hydrogen-bond acceptors (Lipinski definition) is 5. The quantitative estimate of drug-likeness (QED) is 0.598. The van der Waals surface area contributed by atoms with Gasteiger partial charge in [0.1, 0.15) is 10.8 Å². The summed E-state index contributed by atoms with van der Waals surface area (Å²) in [5.74, 6) is 0.479. The second-order valence-corrected chi connectivity index (χ2v) is 4.11. The Morgan fingerprint density at radius 2 is 2.25 bits per heavy atom. The maximum absolute atomic E-state index is 9.81. The van der Waals surface area contributed by atoms with Gasteiger partial charge in [-0.15, -0.1) is 0 Å². The van der Waals surface area contributed by atoms with Crippen molar-refractivity contribution in [3.8, 4) is 16.3 Å². The standard InChI is InChI=1S/C10H8N4OS/c11-10-13-9(16-14-10)5-4-12-6-2-1-3-7(15)8(5)6/h1-4,12,15H,(H2,11,14). The third-order valence-corrected chi connectivity index (χ3v) is 3.12. The van der Waals surface area contributed by atoms with Crippen LogP contribution in [0.1, 0.15) is 0 Å². The normalized spacial score (nSPS) is 11.0. The molecule has 0 unspecified atom stereocenters. The Kier molecular flexibility index (Phi) is 1.84. The van der Waals surface area contributed by atoms with Crippen LogP contribution < -0.4 is 5.73 Å². The molecule has 0 bridgehead atoms. The summed E-state index contributed by atoms with van der Waals surface area (Å²) >= 11 is 1.21. The van der Waals surface area contributed by atoms with Crippen LogP contribution >= 0.6 is 11.5 Å². The Morgan fingerprint density at radius 3 is 3.00 bits per heavy atom. The first kappa shape index (κ1) is 9.17. The summed E-state index contributed by atoms with van der Waals surface area (Å²) in [5, 5.41) is 11.3. The van der Waals surface area contributed by atoms with Crippen LogP contribution in [0.2, 0.25) is 0 Å². The predicted molar refractivity (Wildman–Crippen MR) is 63.3 cm³/mol. The zero-order valence-corrected chi connectivity index (χ0v) is 8.95. The molecule has 0 amide bonds. The van der Waals surface area contributed by atoms with Gasteiger partial charge < -0.3 is 15.8 Å². The first-order valence-corrected chi connectivity index (χ1v) is 5.41. The van der Waals surface area contributed by atoms with Gasteiger partial charge in [-0.25, -0.2) is 0 Å². The third-order valence-electron chi connectivity index (χ3n) is 2.36. The van der Waals surface area contributed by atoms with Gasteiger partial charge in [0.2, 0.25) is 5.95 Å². The summed E-state index contributed by atoms with van der Waals surface area (Å²) in [7, 11) is 0. The van der Waals surface area contributed by atoms with Crippen molar-refractivity contribution in [1.29, 1.82) is 0 Å². The van der Waals surface area contributed by atoms with Gasteiger partial charge in [0, 0.05) is 17.3 Å². The van der Waals surface area contributed by atoms with E-state index >= 15 is 0 Å². The average molecular weight is 232 g/mol. The molecule has 0 fully saturated rings. The molecule has 2 aromatic heterocycles. The summed E-state index contributed by atoms with van der Waals surface area (Å²) in [6.45, 7) is 0. The van der Waals surface area contributed by atoms with E-state index in [1.54, 1.807) is 18.3 Å². The first-order valence-electron chi connectivity index (χ1n) is 4.64. The van der Waals surface area contributed by atoms with Gasteiger partial charge in [0.25, 0.3) is 0 Å². The molecule has 0 saturated heterocycles. The Bertz CT molecular complexity index is 658. The largest absolute Gasteiger partial charge is 0.507 e. The van der Waals surface area contributed by atoms with Crippen molar-refractivity contribution in [2.24, 2.45) is 0 Å². The lowest BCUT2D eigenvalue weighted by Crippen LogP contribution is -1.85. The third kappa shape index (κ3) is 1.24. The second-order valence-electron chi connectivity index (χ2n) is 3.36. The summed E-state index contributed by atoms with van der Waals surface area (Å²) in [4.78, 5) is 7.17. The number of fused-ring (bicyclic) bond motifs is 1. The van der Waals surface area contributed by atoms with Crippen LogP contribution in [-0.4, -0.2) is 19.4 Å². The Balaban J connectivity index is 2.32. The highest BCUT2D eigenvalue weighted by molar-refractivity contribution is 7.09. The summed E-state index contributed by atoms with van der Waals surface area (Å²) in [6.07, 6.45) is 1.80. The number of hydrogen-bond donors (Lipinski definition) is 3. The van der Waals surface area contributed by atoms with Crippen molar-refractivity contribution in [1.82, 2.24) is 14.3 Å². The molecule has 0 spiro atoms. The molecule has 0 aliphatic rings. The van der Waals surface area contributed by atoms with E-state index in [1.807, 2.05) is 6.07 Å². The molecule has 80 valence electrons. The van der Waals surface area contributed by atoms with Crippen LogP contribution in [0.3, 0.4) is 0 Å². The number of H-pyrrole nitrogens is 1. The zero-order valence-electron chi connectivity index (χ0n) is 8.14. The number of nitrogens with one attached hydrogen (secondary N) is 1. The Hall–Kier alpha value is -2.08. The second kappa shape index (κ2) is 3.21. The van der Waals surface area contributed by atoms with Crippen LogP contribution in [0.25, 0.3) is 21.5 Å². The molecular formula is C10H8N4OS. The smallest absolute Gasteiger partial charge is 0.232 e. The van der Waals surface area contributed by atoms with E-state index in [-0.39, 0.29) is 11.7 Å². The summed E-state index contributed by atoms with van der Waals surface area (Å²) in [5.41, 5.74) is 7.17. The minimum Gasteiger partial charge on any atom is -0.507 e. The number of nitrogens with zero attached hydrogens (tertiary/aromatic N) is 2. The summed E-state index contributed by atoms with van der Waals surface area (Å²) in [6, 6.07) is 5.32. The van der Waals surface area contributed by atoms with E-state index in [2.05, 4.69) is 14.3 Å². The zero-order chi connectivity index (χ0) is 11.1. The van der Waals surface area contributed by atoms with Crippen LogP contribution in [0.15, 0.2) is 24.4 Å². The van der Waals surface area contributed by atoms with E-state index in [4.69, 9.17) is 5.73 Å². The van der Waals surface area contributed by atoms with Gasteiger partial charge in [-0.3, -0.25) is 0 Å². The Morgan fingerprint density at radius 1 is 1.38 bits per heavy atom. The molecule has 0 atom stereocenters. The van der Waals surface area contributed by atoms with E-state index < -0.39 is 0 Å². The van der Waals surface area contributed by atoms with Crippen molar-refractivity contribution >= 4 is 28.4 Å². The van der Waals surface area contributed by atoms with Crippen molar-refractivity contribution in [3.63, 3.8) is 0 Å². The molecule has 0 aliphatic heterocycles. The molecule has 1 aromatic carbocycles. The molecule has 4 N–H and O–H groups in total. The highest BCUT2D eigenvalue weighted by Gasteiger charge is 2.13. The lowest BCUT2D eigenvalue weighted by atomic mass is 10.1. The SMILES string of the molecule is Nc1nsc(-c2c[nH]c3cccc(O)c23)n1. The van der Waals surface area contributed by atoms with Crippen LogP contribution in [0.5, 0.6) is 5.75 Å².